The fourth-order valence-electron chi connectivity index (χ4n) is 2.26. The maximum atomic E-state index is 13.7. The van der Waals surface area contributed by atoms with Crippen molar-refractivity contribution in [3.05, 3.63) is 70.0 Å². The van der Waals surface area contributed by atoms with E-state index < -0.39 is 26.8 Å². The van der Waals surface area contributed by atoms with Gasteiger partial charge in [-0.05, 0) is 18.2 Å². The summed E-state index contributed by atoms with van der Waals surface area (Å²) in [5, 5.41) is 10.6. The van der Waals surface area contributed by atoms with Crippen LogP contribution in [0, 0.1) is 15.9 Å². The van der Waals surface area contributed by atoms with Crippen LogP contribution in [0.2, 0.25) is 0 Å². The van der Waals surface area contributed by atoms with Crippen LogP contribution in [0.25, 0.3) is 0 Å². The minimum absolute atomic E-state index is 0.0445. The Kier molecular flexibility index (Phi) is 3.42. The van der Waals surface area contributed by atoms with Crippen molar-refractivity contribution in [2.45, 2.75) is 10.9 Å². The minimum Gasteiger partial charge on any atom is -0.258 e. The van der Waals surface area contributed by atoms with Gasteiger partial charge in [-0.15, -0.1) is 0 Å². The second-order valence-corrected chi connectivity index (χ2v) is 6.75. The molecule has 0 spiro atoms. The van der Waals surface area contributed by atoms with Crippen LogP contribution in [0.1, 0.15) is 11.6 Å². The lowest BCUT2D eigenvalue weighted by atomic mass is 10.1. The summed E-state index contributed by atoms with van der Waals surface area (Å²) in [6, 6.07) is 10.1. The number of benzene rings is 2. The number of hydrogen-bond acceptors (Lipinski definition) is 4. The van der Waals surface area contributed by atoms with Crippen molar-refractivity contribution in [3.8, 4) is 0 Å². The molecule has 8 heteroatoms. The lowest BCUT2D eigenvalue weighted by molar-refractivity contribution is -0.384. The number of non-ortho nitro benzene ring substituents is 1. The van der Waals surface area contributed by atoms with Crippen LogP contribution in [-0.4, -0.2) is 24.2 Å². The number of rotatable bonds is 4. The van der Waals surface area contributed by atoms with Crippen molar-refractivity contribution in [1.82, 2.24) is 4.31 Å². The van der Waals surface area contributed by atoms with Gasteiger partial charge < -0.3 is 0 Å². The van der Waals surface area contributed by atoms with E-state index in [9.17, 15) is 22.9 Å². The van der Waals surface area contributed by atoms with Gasteiger partial charge in [-0.1, -0.05) is 18.2 Å². The van der Waals surface area contributed by atoms with Gasteiger partial charge in [0.05, 0.1) is 15.9 Å². The van der Waals surface area contributed by atoms with E-state index >= 15 is 0 Å². The molecule has 0 radical (unpaired) electrons. The molecule has 0 saturated carbocycles. The molecule has 0 bridgehead atoms. The van der Waals surface area contributed by atoms with Gasteiger partial charge in [-0.2, -0.15) is 4.31 Å². The average molecular weight is 322 g/mol. The largest absolute Gasteiger partial charge is 0.269 e. The Hall–Kier alpha value is -2.32. The summed E-state index contributed by atoms with van der Waals surface area (Å²) in [5.74, 6) is -0.450. The van der Waals surface area contributed by atoms with Gasteiger partial charge in [0.25, 0.3) is 5.69 Å². The van der Waals surface area contributed by atoms with E-state index in [2.05, 4.69) is 0 Å². The third-order valence-electron chi connectivity index (χ3n) is 3.49. The molecule has 2 aromatic rings. The molecule has 2 atom stereocenters. The molecule has 22 heavy (non-hydrogen) atoms. The molecule has 6 nitrogen and oxygen atoms in total. The van der Waals surface area contributed by atoms with Gasteiger partial charge in [0.1, 0.15) is 5.82 Å². The zero-order chi connectivity index (χ0) is 15.9. The van der Waals surface area contributed by atoms with Crippen LogP contribution in [0.3, 0.4) is 0 Å². The van der Waals surface area contributed by atoms with Crippen LogP contribution in [-0.2, 0) is 10.0 Å². The summed E-state index contributed by atoms with van der Waals surface area (Å²) in [4.78, 5) is 9.94. The van der Waals surface area contributed by atoms with Gasteiger partial charge in [0.15, 0.2) is 0 Å². The monoisotopic (exact) mass is 322 g/mol. The first-order chi connectivity index (χ1) is 10.4. The molecule has 3 rings (SSSR count). The van der Waals surface area contributed by atoms with E-state index in [1.165, 1.54) is 24.3 Å². The van der Waals surface area contributed by atoms with Crippen LogP contribution in [0.4, 0.5) is 10.1 Å². The first kappa shape index (κ1) is 14.6. The third-order valence-corrected chi connectivity index (χ3v) is 5.37. The minimum atomic E-state index is -3.78. The highest BCUT2D eigenvalue weighted by Gasteiger charge is 2.46. The highest BCUT2D eigenvalue weighted by Crippen LogP contribution is 2.41. The molecule has 1 aliphatic rings. The second-order valence-electron chi connectivity index (χ2n) is 4.86. The van der Waals surface area contributed by atoms with Gasteiger partial charge in [-0.3, -0.25) is 10.1 Å². The van der Waals surface area contributed by atoms with E-state index in [1.807, 2.05) is 0 Å². The molecular formula is C14H11FN2O4S. The maximum absolute atomic E-state index is 13.7. The van der Waals surface area contributed by atoms with E-state index in [0.29, 0.717) is 5.56 Å². The van der Waals surface area contributed by atoms with Gasteiger partial charge in [0.2, 0.25) is 10.0 Å². The Balaban J connectivity index is 1.86. The molecule has 1 saturated heterocycles. The van der Waals surface area contributed by atoms with Crippen molar-refractivity contribution >= 4 is 15.7 Å². The predicted molar refractivity (Wildman–Crippen MR) is 76.1 cm³/mol. The molecule has 2 unspecified atom stereocenters. The highest BCUT2D eigenvalue weighted by molar-refractivity contribution is 7.89. The van der Waals surface area contributed by atoms with E-state index in [1.54, 1.807) is 12.1 Å². The Labute approximate surface area is 126 Å². The Morgan fingerprint density at radius 2 is 1.77 bits per heavy atom. The number of sulfonamides is 1. The normalized spacial score (nSPS) is 20.6. The summed E-state index contributed by atoms with van der Waals surface area (Å²) in [6.07, 6.45) is 0. The summed E-state index contributed by atoms with van der Waals surface area (Å²) >= 11 is 0. The fraction of sp³-hybridized carbons (Fsp3) is 0.143. The van der Waals surface area contributed by atoms with Crippen LogP contribution < -0.4 is 0 Å². The SMILES string of the molecule is O=[N+]([O-])c1ccc(S(=O)(=O)N2CC2c2ccccc2F)cc1. The molecule has 1 aliphatic heterocycles. The van der Waals surface area contributed by atoms with Crippen molar-refractivity contribution in [1.29, 1.82) is 0 Å². The second kappa shape index (κ2) is 5.15. The number of nitro benzene ring substituents is 1. The quantitative estimate of drug-likeness (QED) is 0.492. The molecule has 2 aromatic carbocycles. The van der Waals surface area contributed by atoms with Gasteiger partial charge >= 0.3 is 0 Å². The lowest BCUT2D eigenvalue weighted by Crippen LogP contribution is -2.13. The third kappa shape index (κ3) is 2.46. The number of nitro groups is 1. The summed E-state index contributed by atoms with van der Waals surface area (Å²) < 4.78 is 39.7. The average Bonchev–Trinajstić information content (AvgIpc) is 3.29. The zero-order valence-electron chi connectivity index (χ0n) is 11.2. The van der Waals surface area contributed by atoms with Crippen LogP contribution >= 0.6 is 0 Å². The topological polar surface area (TPSA) is 80.3 Å². The van der Waals surface area contributed by atoms with Gasteiger partial charge in [-0.25, -0.2) is 12.8 Å². The molecule has 0 amide bonds. The molecule has 114 valence electrons. The molecule has 0 aliphatic carbocycles. The number of nitrogens with zero attached hydrogens (tertiary/aromatic N) is 2. The van der Waals surface area contributed by atoms with Gasteiger partial charge in [0, 0.05) is 24.2 Å². The van der Waals surface area contributed by atoms with Crippen LogP contribution in [0.15, 0.2) is 53.4 Å². The molecule has 0 N–H and O–H groups in total. The number of halogens is 1. The van der Waals surface area contributed by atoms with Crippen molar-refractivity contribution < 1.29 is 17.7 Å². The summed E-state index contributed by atoms with van der Waals surface area (Å²) in [6.45, 7) is 0.195. The maximum Gasteiger partial charge on any atom is 0.269 e. The highest BCUT2D eigenvalue weighted by atomic mass is 32.2. The zero-order valence-corrected chi connectivity index (χ0v) is 12.0. The van der Waals surface area contributed by atoms with Crippen molar-refractivity contribution in [2.24, 2.45) is 0 Å². The van der Waals surface area contributed by atoms with Crippen molar-refractivity contribution in [3.63, 3.8) is 0 Å². The van der Waals surface area contributed by atoms with E-state index in [0.717, 1.165) is 16.4 Å². The van der Waals surface area contributed by atoms with Crippen LogP contribution in [0.5, 0.6) is 0 Å². The molecule has 0 aromatic heterocycles. The van der Waals surface area contributed by atoms with E-state index in [4.69, 9.17) is 0 Å². The predicted octanol–water partition coefficient (Wildman–Crippen LogP) is 2.48. The first-order valence-corrected chi connectivity index (χ1v) is 7.86. The lowest BCUT2D eigenvalue weighted by Gasteiger charge is -2.07. The summed E-state index contributed by atoms with van der Waals surface area (Å²) in [5.41, 5.74) is 0.142. The molecular weight excluding hydrogens is 311 g/mol. The smallest absolute Gasteiger partial charge is 0.258 e. The van der Waals surface area contributed by atoms with E-state index in [-0.39, 0.29) is 17.1 Å². The standard InChI is InChI=1S/C14H11FN2O4S/c15-13-4-2-1-3-12(13)14-9-16(14)22(20,21)11-7-5-10(6-8-11)17(18)19/h1-8,14H,9H2. The summed E-state index contributed by atoms with van der Waals surface area (Å²) in [7, 11) is -3.78. The Morgan fingerprint density at radius 1 is 1.14 bits per heavy atom. The molecule has 1 heterocycles. The van der Waals surface area contributed by atoms with Crippen molar-refractivity contribution in [2.75, 3.05) is 6.54 Å². The number of hydrogen-bond donors (Lipinski definition) is 0. The molecule has 1 fully saturated rings. The Morgan fingerprint density at radius 3 is 2.36 bits per heavy atom. The fourth-order valence-corrected chi connectivity index (χ4v) is 3.80. The first-order valence-electron chi connectivity index (χ1n) is 6.42. The Bertz CT molecular complexity index is 836.